The van der Waals surface area contributed by atoms with Crippen LogP contribution in [0.15, 0.2) is 46.1 Å². The molecule has 0 fully saturated rings. The Morgan fingerprint density at radius 2 is 1.54 bits per heavy atom. The molecule has 1 aromatic heterocycles. The minimum Gasteiger partial charge on any atom is -0.497 e. The summed E-state index contributed by atoms with van der Waals surface area (Å²) in [6.45, 7) is 1.87. The van der Waals surface area contributed by atoms with E-state index in [0.717, 1.165) is 22.4 Å². The van der Waals surface area contributed by atoms with E-state index in [1.807, 2.05) is 31.2 Å². The first-order valence-corrected chi connectivity index (χ1v) is 11.9. The highest BCUT2D eigenvalue weighted by molar-refractivity contribution is 6.02. The van der Waals surface area contributed by atoms with Crippen molar-refractivity contribution in [3.8, 4) is 28.7 Å². The number of nitrogens with zero attached hydrogens (tertiary/aromatic N) is 1. The lowest BCUT2D eigenvalue weighted by molar-refractivity contribution is -0.116. The largest absolute Gasteiger partial charge is 0.497 e. The molecule has 37 heavy (non-hydrogen) atoms. The Hall–Kier alpha value is -4.14. The molecule has 2 atom stereocenters. The van der Waals surface area contributed by atoms with Crippen LogP contribution in [0.5, 0.6) is 28.7 Å². The number of benzene rings is 2. The van der Waals surface area contributed by atoms with Crippen molar-refractivity contribution in [2.24, 2.45) is 0 Å². The average molecular weight is 507 g/mol. The molecule has 3 aromatic rings. The zero-order valence-electron chi connectivity index (χ0n) is 21.8. The van der Waals surface area contributed by atoms with Gasteiger partial charge in [0.2, 0.25) is 5.88 Å². The summed E-state index contributed by atoms with van der Waals surface area (Å²) in [6.07, 6.45) is 0.895. The van der Waals surface area contributed by atoms with E-state index < -0.39 is 5.92 Å². The van der Waals surface area contributed by atoms with Crippen molar-refractivity contribution in [1.82, 2.24) is 5.16 Å². The third kappa shape index (κ3) is 4.04. The molecule has 0 amide bonds. The van der Waals surface area contributed by atoms with Crippen LogP contribution in [0.3, 0.4) is 0 Å². The first kappa shape index (κ1) is 24.5. The Labute approximate surface area is 215 Å². The van der Waals surface area contributed by atoms with Crippen LogP contribution in [0.4, 0.5) is 5.88 Å². The predicted molar refractivity (Wildman–Crippen MR) is 136 cm³/mol. The third-order valence-corrected chi connectivity index (χ3v) is 7.18. The monoisotopic (exact) mass is 506 g/mol. The summed E-state index contributed by atoms with van der Waals surface area (Å²) in [5.41, 5.74) is 4.64. The summed E-state index contributed by atoms with van der Waals surface area (Å²) >= 11 is 0. The van der Waals surface area contributed by atoms with E-state index >= 15 is 0 Å². The fourth-order valence-electron chi connectivity index (χ4n) is 5.44. The number of fused-ring (bicyclic) bond motifs is 1. The van der Waals surface area contributed by atoms with Gasteiger partial charge in [-0.15, -0.1) is 0 Å². The third-order valence-electron chi connectivity index (χ3n) is 7.18. The molecule has 1 N–H and O–H groups in total. The molecular formula is C28H30N2O7. The number of rotatable bonds is 7. The van der Waals surface area contributed by atoms with E-state index in [2.05, 4.69) is 10.5 Å². The van der Waals surface area contributed by atoms with Crippen LogP contribution in [0.1, 0.15) is 47.1 Å². The fraction of sp³-hybridized carbons (Fsp3) is 0.357. The van der Waals surface area contributed by atoms with Crippen LogP contribution < -0.4 is 29.0 Å². The molecule has 0 radical (unpaired) electrons. The number of allylic oxidation sites excluding steroid dienone is 2. The minimum absolute atomic E-state index is 0.0247. The van der Waals surface area contributed by atoms with Gasteiger partial charge in [-0.2, -0.15) is 0 Å². The SMILES string of the molecule is COc1ccc(OC)c([C@@H]2CC(=O)C3=C(C2)Nc2onc(C)c2[C@@H]3c2cc(OC)c(OC)cc2OC)c1. The first-order chi connectivity index (χ1) is 17.9. The van der Waals surface area contributed by atoms with E-state index in [1.54, 1.807) is 41.6 Å². The molecule has 5 rings (SSSR count). The summed E-state index contributed by atoms with van der Waals surface area (Å²) in [7, 11) is 7.99. The maximum atomic E-state index is 14.0. The number of Topliss-reactive ketones (excluding diaryl/α,β-unsaturated/α-hetero) is 1. The molecule has 2 aliphatic rings. The smallest absolute Gasteiger partial charge is 0.233 e. The number of carbonyl (C=O) groups excluding carboxylic acids is 1. The van der Waals surface area contributed by atoms with Gasteiger partial charge in [0.25, 0.3) is 0 Å². The number of hydrogen-bond donors (Lipinski definition) is 1. The van der Waals surface area contributed by atoms with Crippen molar-refractivity contribution in [1.29, 1.82) is 0 Å². The second kappa shape index (κ2) is 9.72. The number of anilines is 1. The highest BCUT2D eigenvalue weighted by Gasteiger charge is 2.43. The van der Waals surface area contributed by atoms with Crippen LogP contribution in [-0.2, 0) is 4.79 Å². The number of ether oxygens (including phenoxy) is 5. The second-order valence-electron chi connectivity index (χ2n) is 9.05. The Morgan fingerprint density at radius 1 is 0.838 bits per heavy atom. The molecular weight excluding hydrogens is 476 g/mol. The van der Waals surface area contributed by atoms with Crippen LogP contribution in [-0.4, -0.2) is 46.5 Å². The van der Waals surface area contributed by atoms with Crippen molar-refractivity contribution in [2.75, 3.05) is 40.9 Å². The van der Waals surface area contributed by atoms with Crippen LogP contribution >= 0.6 is 0 Å². The molecule has 9 heteroatoms. The predicted octanol–water partition coefficient (Wildman–Crippen LogP) is 4.98. The molecule has 2 aromatic carbocycles. The quantitative estimate of drug-likeness (QED) is 0.475. The van der Waals surface area contributed by atoms with Crippen LogP contribution in [0, 0.1) is 6.92 Å². The van der Waals surface area contributed by atoms with Gasteiger partial charge in [-0.05, 0) is 37.6 Å². The first-order valence-electron chi connectivity index (χ1n) is 11.9. The van der Waals surface area contributed by atoms with Gasteiger partial charge in [0.05, 0.1) is 52.7 Å². The zero-order valence-corrected chi connectivity index (χ0v) is 21.8. The molecule has 0 saturated carbocycles. The molecule has 1 aliphatic heterocycles. The molecule has 1 aliphatic carbocycles. The number of carbonyl (C=O) groups is 1. The normalized spacial score (nSPS) is 18.5. The minimum atomic E-state index is -0.451. The Kier molecular flexibility index (Phi) is 6.45. The van der Waals surface area contributed by atoms with Crippen molar-refractivity contribution in [3.05, 3.63) is 64.0 Å². The number of ketones is 1. The fourth-order valence-corrected chi connectivity index (χ4v) is 5.44. The zero-order chi connectivity index (χ0) is 26.3. The van der Waals surface area contributed by atoms with Crippen molar-refractivity contribution in [2.45, 2.75) is 31.6 Å². The molecule has 194 valence electrons. The van der Waals surface area contributed by atoms with Crippen molar-refractivity contribution >= 4 is 11.7 Å². The molecule has 0 spiro atoms. The van der Waals surface area contributed by atoms with Gasteiger partial charge in [0, 0.05) is 40.8 Å². The highest BCUT2D eigenvalue weighted by atomic mass is 16.5. The van der Waals surface area contributed by atoms with Gasteiger partial charge in [-0.3, -0.25) is 4.79 Å². The average Bonchev–Trinajstić information content (AvgIpc) is 3.30. The van der Waals surface area contributed by atoms with Gasteiger partial charge in [0.15, 0.2) is 17.3 Å². The Morgan fingerprint density at radius 3 is 2.22 bits per heavy atom. The molecule has 9 nitrogen and oxygen atoms in total. The lowest BCUT2D eigenvalue weighted by atomic mass is 9.72. The number of nitrogens with one attached hydrogen (secondary N) is 1. The maximum absolute atomic E-state index is 14.0. The summed E-state index contributed by atoms with van der Waals surface area (Å²) in [5, 5.41) is 7.57. The van der Waals surface area contributed by atoms with E-state index in [-0.39, 0.29) is 11.7 Å². The molecule has 0 saturated heterocycles. The van der Waals surface area contributed by atoms with Crippen LogP contribution in [0.25, 0.3) is 0 Å². The van der Waals surface area contributed by atoms with Crippen LogP contribution in [0.2, 0.25) is 0 Å². The Balaban J connectivity index is 1.67. The molecule has 2 heterocycles. The number of hydrogen-bond acceptors (Lipinski definition) is 9. The Bertz CT molecular complexity index is 1390. The van der Waals surface area contributed by atoms with Gasteiger partial charge in [-0.25, -0.2) is 0 Å². The van der Waals surface area contributed by atoms with E-state index in [1.165, 1.54) is 0 Å². The lowest BCUT2D eigenvalue weighted by Gasteiger charge is -2.35. The lowest BCUT2D eigenvalue weighted by Crippen LogP contribution is -2.30. The molecule has 0 unspecified atom stereocenters. The van der Waals surface area contributed by atoms with Crippen molar-refractivity contribution in [3.63, 3.8) is 0 Å². The van der Waals surface area contributed by atoms with Gasteiger partial charge < -0.3 is 33.5 Å². The number of aryl methyl sites for hydroxylation is 1. The van der Waals surface area contributed by atoms with Gasteiger partial charge in [-0.1, -0.05) is 5.16 Å². The summed E-state index contributed by atoms with van der Waals surface area (Å²) in [4.78, 5) is 14.0. The highest BCUT2D eigenvalue weighted by Crippen LogP contribution is 2.53. The second-order valence-corrected chi connectivity index (χ2v) is 9.05. The van der Waals surface area contributed by atoms with E-state index in [0.29, 0.717) is 58.7 Å². The number of aromatic nitrogens is 1. The van der Waals surface area contributed by atoms with E-state index in [9.17, 15) is 4.79 Å². The molecule has 0 bridgehead atoms. The standard InChI is InChI=1S/C28H30N2O7/c1-14-25-26(18-12-23(35-5)24(36-6)13-22(18)34-4)27-19(29-28(25)37-30-14)9-15(10-20(27)31)17-11-16(32-2)7-8-21(17)33-3/h7-8,11-13,15,26,29H,9-10H2,1-6H3/t15-,26-/m0/s1. The van der Waals surface area contributed by atoms with Crippen molar-refractivity contribution < 1.29 is 33.0 Å². The maximum Gasteiger partial charge on any atom is 0.233 e. The van der Waals surface area contributed by atoms with E-state index in [4.69, 9.17) is 28.2 Å². The summed E-state index contributed by atoms with van der Waals surface area (Å²) in [6, 6.07) is 9.28. The van der Waals surface area contributed by atoms with Gasteiger partial charge >= 0.3 is 0 Å². The summed E-state index contributed by atoms with van der Waals surface area (Å²) < 4.78 is 33.6. The summed E-state index contributed by atoms with van der Waals surface area (Å²) in [5.74, 6) is 3.06. The topological polar surface area (TPSA) is 101 Å². The van der Waals surface area contributed by atoms with Gasteiger partial charge in [0.1, 0.15) is 17.2 Å². The number of methoxy groups -OCH3 is 5.